The molecule has 5 unspecified atom stereocenters. The molecule has 5 saturated heterocycles. The van der Waals surface area contributed by atoms with Gasteiger partial charge in [-0.1, -0.05) is 31.3 Å². The van der Waals surface area contributed by atoms with Crippen LogP contribution < -0.4 is 27.1 Å². The van der Waals surface area contributed by atoms with E-state index in [1.165, 1.54) is 26.0 Å². The number of nitrogens with one attached hydrogen (secondary N) is 1. The van der Waals surface area contributed by atoms with Gasteiger partial charge in [0.2, 0.25) is 18.0 Å². The molecule has 0 aliphatic carbocycles. The van der Waals surface area contributed by atoms with E-state index in [1.54, 1.807) is 89.2 Å². The smallest absolute Gasteiger partial charge is 0.333 e. The number of aliphatic hydroxyl groups is 8. The third-order valence-corrected chi connectivity index (χ3v) is 28.1. The number of hydrogen-bond acceptors (Lipinski definition) is 31. The molecule has 0 bridgehead atoms. The Morgan fingerprint density at radius 3 is 1.16 bits per heavy atom. The number of rotatable bonds is 24. The van der Waals surface area contributed by atoms with Crippen LogP contribution in [0.5, 0.6) is 0 Å². The normalized spacial score (nSPS) is 30.9. The third-order valence-electron chi connectivity index (χ3n) is 19.7. The lowest BCUT2D eigenvalue weighted by molar-refractivity contribution is -0.686. The van der Waals surface area contributed by atoms with E-state index < -0.39 is 139 Å². The molecule has 10 rings (SSSR count). The largest absolute Gasteiger partial charge is 0.491 e. The van der Waals surface area contributed by atoms with Crippen LogP contribution in [-0.2, 0) is 54.5 Å². The number of aliphatic imine (C=N–C) groups is 4. The van der Waals surface area contributed by atoms with Crippen LogP contribution in [0.15, 0.2) is 123 Å². The van der Waals surface area contributed by atoms with Gasteiger partial charge in [0, 0.05) is 40.5 Å². The minimum absolute atomic E-state index is 0.203. The molecule has 0 aromatic carbocycles. The number of aliphatic hydroxyl groups excluding tert-OH is 8. The molecule has 654 valence electrons. The molecule has 9 aliphatic heterocycles. The van der Waals surface area contributed by atoms with Gasteiger partial charge in [-0.25, -0.2) is 29.1 Å². The van der Waals surface area contributed by atoms with Crippen molar-refractivity contribution >= 4 is 123 Å². The van der Waals surface area contributed by atoms with Crippen molar-refractivity contribution in [2.75, 3.05) is 126 Å². The summed E-state index contributed by atoms with van der Waals surface area (Å²) in [5.41, 5.74) is 17.2. The standard InChI is InChI=1S/C17H28N3O4P.C16H28N3O4P.C15H26N3O4P.C14H23BrN3O3P.C14H25N3O3PS/c1-11-18-14(19-12(2)21)7-9-20(11)17-16(23-3)15(22)13(24-17)8-10-25(4,5)6;1-10-18-15(17)12(21-2)9-19(10)16-14(22-3)13(20)11(23-16)7-8-24(4,5)6;1-9-17-14(16)11(21-2)8-18(9)15-13(20)12(19)10(22-15)6-7-23(3,4)5;1-8-17-13(16)9(15)7-18(8)14-12(20)11(19)10(21-14)5-6-22(2,3)4;1-9-15-14(22)16(2)8-17(9)13-12(19)11(18)10(20-13)6-7-21(3,4)5/h7,9,13,15-17,22H,1,4,8,10H2,2-3,5-6H3,(H,18,19,21);9,11,13-14,16,20H,1,4,7-8H2,2-3,5-6H3,(H2,17,18);8,10,12-13,15,19-20H,1,3,6-7H2,2,4-5H3,(H2,16,17);7,10-12,14,19-20H,1-2,5-6H2,3-4H3,(H2,16,17);8,10-13,18-19H,3,6-7H2,1-2,4-5H3/q;;;;+1/t13-,15-,16-,17?;11-,13-,14-,16?;10-,12-,13-,15?;10-,11-,12-,14?;10-,11-,12-,13?/m11111/s1. The highest BCUT2D eigenvalue weighted by Crippen LogP contribution is 2.45. The van der Waals surface area contributed by atoms with Crippen LogP contribution >= 0.6 is 62.6 Å². The second-order valence-corrected chi connectivity index (χ2v) is 55.9. The zero-order valence-electron chi connectivity index (χ0n) is 70.3. The molecule has 1 aromatic rings. The Balaban J connectivity index is 0.000000226. The topological polar surface area (TPSA) is 436 Å². The van der Waals surface area contributed by atoms with E-state index in [4.69, 9.17) is 72.1 Å². The van der Waals surface area contributed by atoms with Crippen molar-refractivity contribution in [2.45, 2.75) is 169 Å². The maximum absolute atomic E-state index is 11.1. The summed E-state index contributed by atoms with van der Waals surface area (Å²) >= 11 is 8.41. The maximum atomic E-state index is 11.1. The van der Waals surface area contributed by atoms with Crippen LogP contribution in [0, 0.1) is 11.7 Å². The first kappa shape index (κ1) is 99.7. The molecule has 40 heteroatoms. The molecular formula is C76H130BrN15O18P5S+. The Kier molecular flexibility index (Phi) is 36.2. The third kappa shape index (κ3) is 27.7. The average Bonchev–Trinajstić information content (AvgIpc) is 1.66. The van der Waals surface area contributed by atoms with Crippen molar-refractivity contribution in [2.24, 2.45) is 44.2 Å². The number of aromatic nitrogens is 3. The molecule has 0 radical (unpaired) electrons. The summed E-state index contributed by atoms with van der Waals surface area (Å²) in [7, 11) is 7.88. The summed E-state index contributed by atoms with van der Waals surface area (Å²) in [6.45, 7) is 34.1. The first-order valence-corrected chi connectivity index (χ1v) is 54.1. The second-order valence-electron chi connectivity index (χ2n) is 33.1. The molecule has 1 amide bonds. The van der Waals surface area contributed by atoms with E-state index in [9.17, 15) is 45.6 Å². The van der Waals surface area contributed by atoms with Crippen molar-refractivity contribution in [3.8, 4) is 0 Å². The van der Waals surface area contributed by atoms with Crippen molar-refractivity contribution in [1.29, 1.82) is 0 Å². The number of carbonyl (C=O) groups excluding carboxylic acids is 1. The zero-order valence-corrected chi connectivity index (χ0v) is 77.2. The minimum atomic E-state index is -1.23. The molecule has 5 fully saturated rings. The second kappa shape index (κ2) is 42.1. The summed E-state index contributed by atoms with van der Waals surface area (Å²) in [5, 5.41) is 85.5. The molecule has 20 atom stereocenters. The Labute approximate surface area is 698 Å². The molecule has 1 aromatic heterocycles. The Morgan fingerprint density at radius 2 is 0.819 bits per heavy atom. The fraction of sp³-hybridized carbons (Fsp3) is 0.618. The fourth-order valence-corrected chi connectivity index (χ4v) is 18.4. The summed E-state index contributed by atoms with van der Waals surface area (Å²) in [6.07, 6.45) is 25.3. The van der Waals surface area contributed by atoms with Gasteiger partial charge in [0.25, 0.3) is 0 Å². The van der Waals surface area contributed by atoms with Gasteiger partial charge in [-0.2, -0.15) is 0 Å². The number of halogens is 1. The first-order valence-electron chi connectivity index (χ1n) is 37.6. The lowest BCUT2D eigenvalue weighted by Gasteiger charge is -2.32. The van der Waals surface area contributed by atoms with Crippen LogP contribution in [-0.4, -0.2) is 373 Å². The minimum Gasteiger partial charge on any atom is -0.491 e. The van der Waals surface area contributed by atoms with E-state index >= 15 is 0 Å². The number of amides is 1. The quantitative estimate of drug-likeness (QED) is 0.0401. The number of carbonyl (C=O) groups is 1. The Bertz CT molecular complexity index is 4280. The van der Waals surface area contributed by atoms with E-state index in [0.29, 0.717) is 80.8 Å². The molecule has 0 saturated carbocycles. The Morgan fingerprint density at radius 1 is 0.509 bits per heavy atom. The monoisotopic (exact) mass is 1810 g/mol. The maximum Gasteiger partial charge on any atom is 0.333 e. The number of hydrogen-bond donors (Lipinski definition) is 12. The van der Waals surface area contributed by atoms with Crippen LogP contribution in [0.25, 0.3) is 0 Å². The van der Waals surface area contributed by atoms with Gasteiger partial charge in [0.1, 0.15) is 96.0 Å². The van der Waals surface area contributed by atoms with Gasteiger partial charge in [-0.05, 0) is 164 Å². The highest BCUT2D eigenvalue weighted by molar-refractivity contribution is 9.12. The van der Waals surface area contributed by atoms with Gasteiger partial charge in [0.05, 0.1) is 68.7 Å². The van der Waals surface area contributed by atoms with Crippen molar-refractivity contribution < 1.29 is 92.8 Å². The predicted octanol–water partition coefficient (Wildman–Crippen LogP) is 3.38. The molecule has 116 heavy (non-hydrogen) atoms. The van der Waals surface area contributed by atoms with Crippen LogP contribution in [0.4, 0.5) is 0 Å². The first-order chi connectivity index (χ1) is 53.6. The lowest BCUT2D eigenvalue weighted by atomic mass is 10.1. The highest BCUT2D eigenvalue weighted by Gasteiger charge is 2.52. The SMILES string of the molecule is C=C1N=C(N)C(Br)=CN1C1O[C@H](CCP(=C)(C)C)[C@@H](O)[C@H]1O.C=C1N=C(N)C(OC)=CN1C1O[C@H](CCP(=C)(C)C)[C@@H](O)[C@H]1O.C=C1N=C(N)C(OC)=CN1C1O[C@H](CCP(=C)(C)C)[C@@H](O)[C@H]1OC.C=C1N=C(NC(C)=O)C=CN1C1O[C@H](CCP(=C)(C)C)[C@@H](O)[C@H]1OC.C=P(C)(C)CC[C@H]1OC(n2c[n+](C)c(=S)nc2C)[C@H](O)[C@@H]1O. The van der Waals surface area contributed by atoms with E-state index in [1.807, 2.05) is 0 Å². The molecule has 0 spiro atoms. The zero-order chi connectivity index (χ0) is 87.5. The summed E-state index contributed by atoms with van der Waals surface area (Å²) in [6, 6.07) is 0. The van der Waals surface area contributed by atoms with Crippen molar-refractivity contribution in [1.82, 2.24) is 34.5 Å². The van der Waals surface area contributed by atoms with Gasteiger partial charge >= 0.3 is 4.77 Å². The van der Waals surface area contributed by atoms with Gasteiger partial charge < -0.3 is 126 Å². The molecular weight excluding hydrogens is 1680 g/mol. The predicted molar refractivity (Wildman–Crippen MR) is 480 cm³/mol. The summed E-state index contributed by atoms with van der Waals surface area (Å²) in [5.74, 6) is 3.93. The number of methoxy groups -OCH3 is 4. The number of nitrogens with two attached hydrogens (primary N) is 3. The summed E-state index contributed by atoms with van der Waals surface area (Å²) in [4.78, 5) is 38.5. The van der Waals surface area contributed by atoms with E-state index in [2.05, 4.69) is 171 Å². The Hall–Kier alpha value is -5.12. The van der Waals surface area contributed by atoms with Crippen molar-refractivity contribution in [3.63, 3.8) is 0 Å². The fourth-order valence-electron chi connectivity index (χ4n) is 13.2. The number of aryl methyl sites for hydroxylation is 2. The average molecular weight is 1810 g/mol. The van der Waals surface area contributed by atoms with E-state index in [-0.39, 0.29) is 35.9 Å². The van der Waals surface area contributed by atoms with E-state index in [0.717, 1.165) is 43.7 Å². The van der Waals surface area contributed by atoms with Gasteiger partial charge in [-0.15, -0.1) is 65.9 Å². The molecule has 15 N–H and O–H groups in total. The van der Waals surface area contributed by atoms with Crippen LogP contribution in [0.3, 0.4) is 0 Å². The molecule has 10 heterocycles. The molecule has 33 nitrogen and oxygen atoms in total. The van der Waals surface area contributed by atoms with Crippen molar-refractivity contribution in [3.05, 3.63) is 113 Å². The van der Waals surface area contributed by atoms with Gasteiger partial charge in [-0.3, -0.25) is 4.79 Å². The number of nitrogens with zero attached hydrogens (tertiary/aromatic N) is 11. The summed E-state index contributed by atoms with van der Waals surface area (Å²) < 4.78 is 55.5. The lowest BCUT2D eigenvalue weighted by Crippen LogP contribution is -2.43. The van der Waals surface area contributed by atoms with Crippen LogP contribution in [0.1, 0.15) is 51.1 Å². The van der Waals surface area contributed by atoms with Gasteiger partial charge in [0.15, 0.2) is 54.4 Å². The molecule has 9 aliphatic rings. The van der Waals surface area contributed by atoms with Crippen LogP contribution in [0.2, 0.25) is 0 Å². The number of ether oxygens (including phenoxy) is 9. The highest BCUT2D eigenvalue weighted by atomic mass is 79.9. The number of amidine groups is 4.